The Morgan fingerprint density at radius 1 is 1.11 bits per heavy atom. The first-order valence-corrected chi connectivity index (χ1v) is 9.43. The zero-order chi connectivity index (χ0) is 7.33. The van der Waals surface area contributed by atoms with Gasteiger partial charge >= 0.3 is 73.6 Å². The van der Waals surface area contributed by atoms with Crippen molar-refractivity contribution < 1.29 is 0 Å². The van der Waals surface area contributed by atoms with E-state index in [1.807, 2.05) is 0 Å². The Kier molecular flexibility index (Phi) is 5.31. The van der Waals surface area contributed by atoms with Gasteiger partial charge in [-0.1, -0.05) is 0 Å². The molecule has 0 fully saturated rings. The van der Waals surface area contributed by atoms with E-state index in [2.05, 4.69) is 19.6 Å². The van der Waals surface area contributed by atoms with E-state index in [1.54, 1.807) is 22.5 Å². The predicted octanol–water partition coefficient (Wildman–Crippen LogP) is 2.69. The van der Waals surface area contributed by atoms with Crippen molar-refractivity contribution in [2.24, 2.45) is 0 Å². The Hall–Kier alpha value is 1.02. The third-order valence-electron chi connectivity index (χ3n) is 1.35. The van der Waals surface area contributed by atoms with E-state index in [1.165, 1.54) is 23.3 Å². The Bertz CT molecular complexity index is 65.8. The Labute approximate surface area is 73.5 Å². The molecule has 0 unspecified atom stereocenters. The number of rotatable bonds is 4. The molecule has 0 aliphatic carbocycles. The fourth-order valence-corrected chi connectivity index (χ4v) is 2.80. The van der Waals surface area contributed by atoms with Crippen molar-refractivity contribution in [1.82, 2.24) is 0 Å². The number of hydrogen-bond acceptors (Lipinski definition) is 0. The molecular weight excluding hydrogens is 231 g/mol. The molecule has 0 rings (SSSR count). The van der Waals surface area contributed by atoms with Crippen molar-refractivity contribution in [3.63, 3.8) is 0 Å². The first kappa shape index (κ1) is 10.0. The Balaban J connectivity index is 3.07. The molecule has 0 atom stereocenters. The van der Waals surface area contributed by atoms with Gasteiger partial charge in [0, 0.05) is 0 Å². The summed E-state index contributed by atoms with van der Waals surface area (Å²) in [6.45, 7) is 7.36. The van der Waals surface area contributed by atoms with Crippen LogP contribution in [0.5, 0.6) is 0 Å². The van der Waals surface area contributed by atoms with Gasteiger partial charge in [-0.15, -0.1) is 0 Å². The van der Waals surface area contributed by atoms with E-state index in [0.29, 0.717) is 0 Å². The first-order chi connectivity index (χ1) is 4.06. The van der Waals surface area contributed by atoms with E-state index in [9.17, 15) is 0 Å². The molecular formula is C7H17SiSn. The van der Waals surface area contributed by atoms with Gasteiger partial charge in [0.15, 0.2) is 0 Å². The molecule has 0 spiro atoms. The fourth-order valence-electron chi connectivity index (χ4n) is 0.780. The quantitative estimate of drug-likeness (QED) is 0.530. The summed E-state index contributed by atoms with van der Waals surface area (Å²) in [5, 5.41) is 0. The molecule has 53 valence electrons. The Morgan fingerprint density at radius 3 is 2.00 bits per heavy atom. The molecule has 0 aromatic rings. The molecule has 0 aromatic heterocycles. The van der Waals surface area contributed by atoms with Gasteiger partial charge in [0.2, 0.25) is 0 Å². The topological polar surface area (TPSA) is 0 Å². The standard InChI is InChI=1S/C7H17Si.Sn/c1-5-6-7-8(2,3)4;/h1,5-7H2,2-4H3;. The molecule has 0 N–H and O–H groups in total. The molecule has 0 aliphatic rings. The maximum absolute atomic E-state index is 2.45. The zero-order valence-corrected chi connectivity index (χ0v) is 10.7. The van der Waals surface area contributed by atoms with Crippen LogP contribution >= 0.6 is 0 Å². The molecule has 3 radical (unpaired) electrons. The Morgan fingerprint density at radius 2 is 1.67 bits per heavy atom. The van der Waals surface area contributed by atoms with Gasteiger partial charge in [-0.2, -0.15) is 0 Å². The molecule has 2 heteroatoms. The average Bonchev–Trinajstić information content (AvgIpc) is 1.63. The predicted molar refractivity (Wildman–Crippen MR) is 47.9 cm³/mol. The van der Waals surface area contributed by atoms with Crippen LogP contribution in [-0.4, -0.2) is 30.6 Å². The fraction of sp³-hybridized carbons (Fsp3) is 1.00. The summed E-state index contributed by atoms with van der Waals surface area (Å²) in [5.41, 5.74) is 0. The molecule has 0 aliphatic heterocycles. The second-order valence-electron chi connectivity index (χ2n) is 3.77. The average molecular weight is 248 g/mol. The summed E-state index contributed by atoms with van der Waals surface area (Å²) >= 11 is 1.71. The van der Waals surface area contributed by atoms with E-state index in [-0.39, 0.29) is 0 Å². The van der Waals surface area contributed by atoms with Crippen molar-refractivity contribution in [3.8, 4) is 0 Å². The van der Waals surface area contributed by atoms with Gasteiger partial charge in [-0.3, -0.25) is 0 Å². The summed E-state index contributed by atoms with van der Waals surface area (Å²) in [6, 6.07) is 1.53. The molecule has 0 saturated carbocycles. The van der Waals surface area contributed by atoms with Crippen LogP contribution < -0.4 is 0 Å². The van der Waals surface area contributed by atoms with Crippen molar-refractivity contribution in [1.29, 1.82) is 0 Å². The monoisotopic (exact) mass is 249 g/mol. The van der Waals surface area contributed by atoms with Crippen molar-refractivity contribution >= 4 is 30.6 Å². The van der Waals surface area contributed by atoms with Crippen LogP contribution in [0.25, 0.3) is 0 Å². The second kappa shape index (κ2) is 4.77. The van der Waals surface area contributed by atoms with Crippen LogP contribution in [0.2, 0.25) is 30.1 Å². The van der Waals surface area contributed by atoms with Gasteiger partial charge in [0.05, 0.1) is 0 Å². The van der Waals surface area contributed by atoms with E-state index >= 15 is 0 Å². The molecule has 0 nitrogen and oxygen atoms in total. The molecule has 0 amide bonds. The van der Waals surface area contributed by atoms with Gasteiger partial charge in [0.25, 0.3) is 0 Å². The van der Waals surface area contributed by atoms with E-state index in [4.69, 9.17) is 0 Å². The summed E-state index contributed by atoms with van der Waals surface area (Å²) in [4.78, 5) is 0. The summed E-state index contributed by atoms with van der Waals surface area (Å²) in [7, 11) is -0.684. The van der Waals surface area contributed by atoms with Gasteiger partial charge in [-0.25, -0.2) is 0 Å². The van der Waals surface area contributed by atoms with Crippen molar-refractivity contribution in [2.45, 2.75) is 43.0 Å². The number of hydrogen-bond donors (Lipinski definition) is 0. The van der Waals surface area contributed by atoms with Crippen LogP contribution in [0.3, 0.4) is 0 Å². The van der Waals surface area contributed by atoms with Gasteiger partial charge < -0.3 is 0 Å². The van der Waals surface area contributed by atoms with E-state index in [0.717, 1.165) is 0 Å². The van der Waals surface area contributed by atoms with Crippen LogP contribution in [0, 0.1) is 0 Å². The van der Waals surface area contributed by atoms with E-state index < -0.39 is 8.07 Å². The SMILES string of the molecule is C[Si](C)(C)CCC[CH2][Sn]. The van der Waals surface area contributed by atoms with Crippen molar-refractivity contribution in [2.75, 3.05) is 0 Å². The third kappa shape index (κ3) is 9.02. The minimum absolute atomic E-state index is 0.684. The molecule has 0 heterocycles. The van der Waals surface area contributed by atoms with Crippen LogP contribution in [-0.2, 0) is 0 Å². The second-order valence-corrected chi connectivity index (χ2v) is 10.8. The van der Waals surface area contributed by atoms with Crippen LogP contribution in [0.4, 0.5) is 0 Å². The van der Waals surface area contributed by atoms with Gasteiger partial charge in [0.1, 0.15) is 0 Å². The van der Waals surface area contributed by atoms with Crippen LogP contribution in [0.1, 0.15) is 12.8 Å². The number of unbranched alkanes of at least 4 members (excludes halogenated alkanes) is 1. The first-order valence-electron chi connectivity index (χ1n) is 3.71. The molecule has 9 heavy (non-hydrogen) atoms. The van der Waals surface area contributed by atoms with Crippen molar-refractivity contribution in [3.05, 3.63) is 0 Å². The third-order valence-corrected chi connectivity index (χ3v) is 4.22. The maximum atomic E-state index is 2.45. The van der Waals surface area contributed by atoms with Crippen LogP contribution in [0.15, 0.2) is 0 Å². The molecule has 0 saturated heterocycles. The minimum atomic E-state index is -0.684. The normalized spacial score (nSPS) is 12.0. The van der Waals surface area contributed by atoms with Gasteiger partial charge in [-0.05, 0) is 0 Å². The summed E-state index contributed by atoms with van der Waals surface area (Å²) < 4.78 is 1.46. The molecule has 0 bridgehead atoms. The summed E-state index contributed by atoms with van der Waals surface area (Å²) in [5.74, 6) is 0. The summed E-state index contributed by atoms with van der Waals surface area (Å²) in [6.07, 6.45) is 2.96. The zero-order valence-electron chi connectivity index (χ0n) is 6.83. The molecule has 0 aromatic carbocycles.